The summed E-state index contributed by atoms with van der Waals surface area (Å²) in [4.78, 5) is 7.28. The van der Waals surface area contributed by atoms with Gasteiger partial charge in [-0.05, 0) is 50.9 Å². The molecule has 0 aromatic carbocycles. The first-order valence-corrected chi connectivity index (χ1v) is 8.09. The lowest BCUT2D eigenvalue weighted by atomic mass is 10.1. The van der Waals surface area contributed by atoms with Crippen molar-refractivity contribution >= 4 is 5.82 Å². The average Bonchev–Trinajstić information content (AvgIpc) is 2.42. The molecule has 0 atom stereocenters. The highest BCUT2D eigenvalue weighted by molar-refractivity contribution is 5.43. The maximum atomic E-state index is 4.87. The van der Waals surface area contributed by atoms with E-state index in [1.54, 1.807) is 0 Å². The molecule has 0 radical (unpaired) electrons. The molecule has 0 spiro atoms. The van der Waals surface area contributed by atoms with Crippen molar-refractivity contribution in [2.24, 2.45) is 0 Å². The Morgan fingerprint density at radius 1 is 1.15 bits per heavy atom. The topological polar surface area (TPSA) is 28.2 Å². The second kappa shape index (κ2) is 8.96. The van der Waals surface area contributed by atoms with Gasteiger partial charge >= 0.3 is 0 Å². The molecule has 0 amide bonds. The number of pyridine rings is 1. The van der Waals surface area contributed by atoms with Crippen LogP contribution < -0.4 is 10.2 Å². The lowest BCUT2D eigenvalue weighted by Gasteiger charge is -2.28. The molecule has 1 heterocycles. The number of rotatable bonds is 9. The van der Waals surface area contributed by atoms with E-state index in [1.165, 1.54) is 11.3 Å². The van der Waals surface area contributed by atoms with Crippen LogP contribution in [0.3, 0.4) is 0 Å². The molecule has 20 heavy (non-hydrogen) atoms. The maximum absolute atomic E-state index is 4.87. The van der Waals surface area contributed by atoms with E-state index in [2.05, 4.69) is 57.0 Å². The van der Waals surface area contributed by atoms with E-state index in [9.17, 15) is 0 Å². The van der Waals surface area contributed by atoms with Crippen LogP contribution in [0.25, 0.3) is 0 Å². The van der Waals surface area contributed by atoms with Crippen molar-refractivity contribution in [1.29, 1.82) is 0 Å². The van der Waals surface area contributed by atoms with E-state index >= 15 is 0 Å². The van der Waals surface area contributed by atoms with Crippen molar-refractivity contribution in [3.63, 3.8) is 0 Å². The normalized spacial score (nSPS) is 11.1. The van der Waals surface area contributed by atoms with Crippen LogP contribution in [-0.2, 0) is 13.0 Å². The first-order chi connectivity index (χ1) is 9.62. The Balaban J connectivity index is 3.04. The zero-order chi connectivity index (χ0) is 15.0. The summed E-state index contributed by atoms with van der Waals surface area (Å²) >= 11 is 0. The Morgan fingerprint density at radius 2 is 1.90 bits per heavy atom. The van der Waals surface area contributed by atoms with Crippen LogP contribution in [-0.4, -0.2) is 24.1 Å². The van der Waals surface area contributed by atoms with Gasteiger partial charge in [-0.1, -0.05) is 27.2 Å². The summed E-state index contributed by atoms with van der Waals surface area (Å²) in [5.41, 5.74) is 2.57. The minimum Gasteiger partial charge on any atom is -0.354 e. The number of hydrogen-bond acceptors (Lipinski definition) is 3. The molecular formula is C17H31N3. The van der Waals surface area contributed by atoms with Gasteiger partial charge in [0.05, 0.1) is 0 Å². The molecule has 3 heteroatoms. The molecule has 1 aromatic heterocycles. The van der Waals surface area contributed by atoms with Crippen molar-refractivity contribution in [2.45, 2.75) is 66.5 Å². The summed E-state index contributed by atoms with van der Waals surface area (Å²) in [7, 11) is 0. The van der Waals surface area contributed by atoms with Gasteiger partial charge in [-0.15, -0.1) is 0 Å². The molecule has 3 nitrogen and oxygen atoms in total. The van der Waals surface area contributed by atoms with Gasteiger partial charge in [0.25, 0.3) is 0 Å². The van der Waals surface area contributed by atoms with Gasteiger partial charge < -0.3 is 10.2 Å². The van der Waals surface area contributed by atoms with Gasteiger partial charge in [0, 0.05) is 24.8 Å². The number of nitrogens with zero attached hydrogens (tertiary/aromatic N) is 2. The average molecular weight is 277 g/mol. The zero-order valence-corrected chi connectivity index (χ0v) is 13.9. The van der Waals surface area contributed by atoms with Gasteiger partial charge in [-0.2, -0.15) is 0 Å². The summed E-state index contributed by atoms with van der Waals surface area (Å²) in [6, 6.07) is 4.99. The monoisotopic (exact) mass is 277 g/mol. The van der Waals surface area contributed by atoms with Crippen LogP contribution in [0.5, 0.6) is 0 Å². The van der Waals surface area contributed by atoms with Crippen molar-refractivity contribution in [3.05, 3.63) is 23.4 Å². The Labute approximate surface area is 124 Å². The third kappa shape index (κ3) is 5.12. The fourth-order valence-corrected chi connectivity index (χ4v) is 2.41. The summed E-state index contributed by atoms with van der Waals surface area (Å²) in [6.45, 7) is 14.1. The highest BCUT2D eigenvalue weighted by Crippen LogP contribution is 2.19. The molecule has 0 aliphatic carbocycles. The molecule has 0 aliphatic heterocycles. The Hall–Kier alpha value is -1.09. The predicted molar refractivity (Wildman–Crippen MR) is 88.4 cm³/mol. The Kier molecular flexibility index (Phi) is 7.60. The minimum absolute atomic E-state index is 0.492. The zero-order valence-electron chi connectivity index (χ0n) is 13.9. The first kappa shape index (κ1) is 17.0. The molecule has 114 valence electrons. The van der Waals surface area contributed by atoms with Crippen molar-refractivity contribution in [1.82, 2.24) is 10.3 Å². The third-order valence-corrected chi connectivity index (χ3v) is 3.39. The fraction of sp³-hybridized carbons (Fsp3) is 0.706. The van der Waals surface area contributed by atoms with E-state index < -0.39 is 0 Å². The molecule has 0 unspecified atom stereocenters. The van der Waals surface area contributed by atoms with Gasteiger partial charge in [-0.25, -0.2) is 4.98 Å². The van der Waals surface area contributed by atoms with Crippen LogP contribution in [0.1, 0.15) is 58.7 Å². The van der Waals surface area contributed by atoms with Crippen molar-refractivity contribution < 1.29 is 0 Å². The van der Waals surface area contributed by atoms with Crippen molar-refractivity contribution in [2.75, 3.05) is 18.0 Å². The molecule has 1 N–H and O–H groups in total. The summed E-state index contributed by atoms with van der Waals surface area (Å²) in [5.74, 6) is 1.14. The SMILES string of the molecule is CCCc1cc(CNCC)cc(N(CCC)C(C)C)n1. The quantitative estimate of drug-likeness (QED) is 0.745. The number of aromatic nitrogens is 1. The van der Waals surface area contributed by atoms with Gasteiger partial charge in [0.1, 0.15) is 5.82 Å². The lowest BCUT2D eigenvalue weighted by molar-refractivity contribution is 0.656. The third-order valence-electron chi connectivity index (χ3n) is 3.39. The van der Waals surface area contributed by atoms with Crippen molar-refractivity contribution in [3.8, 4) is 0 Å². The molecule has 0 bridgehead atoms. The standard InChI is InChI=1S/C17H31N3/c1-6-9-16-11-15(13-18-8-3)12-17(19-16)20(10-7-2)14(4)5/h11-12,14,18H,6-10,13H2,1-5H3. The largest absolute Gasteiger partial charge is 0.354 e. The van der Waals surface area contributed by atoms with E-state index in [4.69, 9.17) is 4.98 Å². The minimum atomic E-state index is 0.492. The highest BCUT2D eigenvalue weighted by atomic mass is 15.2. The molecule has 0 aliphatic rings. The van der Waals surface area contributed by atoms with E-state index in [0.29, 0.717) is 6.04 Å². The summed E-state index contributed by atoms with van der Waals surface area (Å²) < 4.78 is 0. The smallest absolute Gasteiger partial charge is 0.129 e. The van der Waals surface area contributed by atoms with Crippen LogP contribution >= 0.6 is 0 Å². The summed E-state index contributed by atoms with van der Waals surface area (Å²) in [6.07, 6.45) is 3.36. The highest BCUT2D eigenvalue weighted by Gasteiger charge is 2.13. The van der Waals surface area contributed by atoms with E-state index in [-0.39, 0.29) is 0 Å². The molecule has 0 fully saturated rings. The second-order valence-electron chi connectivity index (χ2n) is 5.64. The van der Waals surface area contributed by atoms with Gasteiger partial charge in [0.2, 0.25) is 0 Å². The lowest BCUT2D eigenvalue weighted by Crippen LogP contribution is -2.32. The Morgan fingerprint density at radius 3 is 2.45 bits per heavy atom. The molecule has 0 saturated heterocycles. The van der Waals surface area contributed by atoms with E-state index in [1.807, 2.05) is 0 Å². The molecule has 1 rings (SSSR count). The molecular weight excluding hydrogens is 246 g/mol. The van der Waals surface area contributed by atoms with E-state index in [0.717, 1.165) is 44.7 Å². The summed E-state index contributed by atoms with van der Waals surface area (Å²) in [5, 5.41) is 3.41. The van der Waals surface area contributed by atoms with Crippen LogP contribution in [0, 0.1) is 0 Å². The fourth-order valence-electron chi connectivity index (χ4n) is 2.41. The van der Waals surface area contributed by atoms with Crippen LogP contribution in [0.2, 0.25) is 0 Å². The number of aryl methyl sites for hydroxylation is 1. The predicted octanol–water partition coefficient (Wildman–Crippen LogP) is 3.77. The molecule has 0 saturated carbocycles. The van der Waals surface area contributed by atoms with Gasteiger partial charge in [0.15, 0.2) is 0 Å². The first-order valence-electron chi connectivity index (χ1n) is 8.09. The Bertz CT molecular complexity index is 388. The van der Waals surface area contributed by atoms with Gasteiger partial charge in [-0.3, -0.25) is 0 Å². The second-order valence-corrected chi connectivity index (χ2v) is 5.64. The number of anilines is 1. The van der Waals surface area contributed by atoms with Crippen LogP contribution in [0.15, 0.2) is 12.1 Å². The number of nitrogens with one attached hydrogen (secondary N) is 1. The number of hydrogen-bond donors (Lipinski definition) is 1. The maximum Gasteiger partial charge on any atom is 0.129 e. The van der Waals surface area contributed by atoms with Crippen LogP contribution in [0.4, 0.5) is 5.82 Å². The molecule has 1 aromatic rings.